The highest BCUT2D eigenvalue weighted by molar-refractivity contribution is 5.94. The number of likely N-dealkylation sites (tertiary alicyclic amines) is 1. The fourth-order valence-electron chi connectivity index (χ4n) is 6.41. The lowest BCUT2D eigenvalue weighted by atomic mass is 9.77. The third kappa shape index (κ3) is 3.23. The zero-order valence-electron chi connectivity index (χ0n) is 20.1. The highest BCUT2D eigenvalue weighted by Crippen LogP contribution is 2.56. The molecule has 0 radical (unpaired) electrons. The van der Waals surface area contributed by atoms with Crippen molar-refractivity contribution in [1.82, 2.24) is 9.55 Å². The first-order valence-electron chi connectivity index (χ1n) is 12.7. The highest BCUT2D eigenvalue weighted by Gasteiger charge is 2.56. The number of nitrogens with zero attached hydrogens (tertiary/aromatic N) is 2. The fraction of sp³-hybridized carbons (Fsp3) is 0.345. The van der Waals surface area contributed by atoms with Gasteiger partial charge in [0.25, 0.3) is 5.91 Å². The van der Waals surface area contributed by atoms with Crippen LogP contribution in [0.4, 0.5) is 5.69 Å². The Morgan fingerprint density at radius 2 is 1.69 bits per heavy atom. The third-order valence-corrected chi connectivity index (χ3v) is 8.10. The van der Waals surface area contributed by atoms with Crippen LogP contribution < -0.4 is 18.9 Å². The summed E-state index contributed by atoms with van der Waals surface area (Å²) in [5.74, 6) is 2.17. The van der Waals surface area contributed by atoms with E-state index in [4.69, 9.17) is 14.2 Å². The highest BCUT2D eigenvalue weighted by atomic mass is 16.7. The van der Waals surface area contributed by atoms with Crippen LogP contribution in [0.2, 0.25) is 0 Å². The van der Waals surface area contributed by atoms with Crippen LogP contribution >= 0.6 is 0 Å². The van der Waals surface area contributed by atoms with Gasteiger partial charge in [-0.2, -0.15) is 0 Å². The van der Waals surface area contributed by atoms with E-state index >= 15 is 0 Å². The number of fused-ring (bicyclic) bond motifs is 5. The molecule has 2 atom stereocenters. The molecule has 4 aliphatic rings. The van der Waals surface area contributed by atoms with Crippen LogP contribution in [0, 0.1) is 5.21 Å². The van der Waals surface area contributed by atoms with Crippen LogP contribution in [0.3, 0.4) is 0 Å². The number of para-hydroxylation sites is 1. The van der Waals surface area contributed by atoms with Crippen molar-refractivity contribution in [2.24, 2.45) is 0 Å². The van der Waals surface area contributed by atoms with Gasteiger partial charge in [-0.25, -0.2) is 0 Å². The smallest absolute Gasteiger partial charge is 0.253 e. The summed E-state index contributed by atoms with van der Waals surface area (Å²) in [6.07, 6.45) is 3.28. The minimum absolute atomic E-state index is 0.0569. The number of ether oxygens (including phenoxy) is 3. The van der Waals surface area contributed by atoms with Crippen molar-refractivity contribution in [3.05, 3.63) is 88.1 Å². The first-order valence-corrected chi connectivity index (χ1v) is 12.7. The number of benzene rings is 3. The first kappa shape index (κ1) is 21.7. The second kappa shape index (κ2) is 7.98. The molecule has 184 valence electrons. The summed E-state index contributed by atoms with van der Waals surface area (Å²) >= 11 is 0. The Hall–Kier alpha value is -3.55. The summed E-state index contributed by atoms with van der Waals surface area (Å²) in [6.45, 7) is 2.77. The van der Waals surface area contributed by atoms with Crippen LogP contribution in [0.25, 0.3) is 0 Å². The molecule has 0 aliphatic carbocycles. The molecule has 0 aromatic heterocycles. The minimum atomic E-state index is -0.560. The third-order valence-electron chi connectivity index (χ3n) is 8.10. The van der Waals surface area contributed by atoms with Gasteiger partial charge in [-0.05, 0) is 43.5 Å². The fourth-order valence-corrected chi connectivity index (χ4v) is 6.41. The van der Waals surface area contributed by atoms with Crippen molar-refractivity contribution in [3.63, 3.8) is 0 Å². The maximum absolute atomic E-state index is 14.6. The molecule has 7 rings (SSSR count). The van der Waals surface area contributed by atoms with Crippen molar-refractivity contribution < 1.29 is 19.0 Å². The molecule has 1 fully saturated rings. The van der Waals surface area contributed by atoms with Gasteiger partial charge in [0.1, 0.15) is 36.5 Å². The summed E-state index contributed by atoms with van der Waals surface area (Å²) in [4.78, 5) is 15.0. The molecule has 3 aromatic rings. The Bertz CT molecular complexity index is 1370. The van der Waals surface area contributed by atoms with Crippen molar-refractivity contribution in [2.45, 2.75) is 31.2 Å². The van der Waals surface area contributed by atoms with E-state index in [9.17, 15) is 10.0 Å². The van der Waals surface area contributed by atoms with Gasteiger partial charge in [-0.1, -0.05) is 30.3 Å². The van der Waals surface area contributed by atoms with Crippen LogP contribution in [-0.2, 0) is 12.0 Å². The molecule has 1 saturated heterocycles. The number of rotatable bonds is 3. The predicted octanol–water partition coefficient (Wildman–Crippen LogP) is 4.74. The van der Waals surface area contributed by atoms with Crippen LogP contribution in [0.1, 0.15) is 46.3 Å². The second-order valence-corrected chi connectivity index (χ2v) is 10.3. The molecule has 7 heteroatoms. The molecular weight excluding hydrogens is 456 g/mol. The molecule has 2 unspecified atom stereocenters. The average Bonchev–Trinajstić information content (AvgIpc) is 3.58. The average molecular weight is 485 g/mol. The molecule has 4 heterocycles. The van der Waals surface area contributed by atoms with Crippen molar-refractivity contribution in [1.29, 1.82) is 0 Å². The van der Waals surface area contributed by atoms with Gasteiger partial charge in [-0.3, -0.25) is 4.79 Å². The van der Waals surface area contributed by atoms with Crippen LogP contribution in [-0.4, -0.2) is 43.8 Å². The van der Waals surface area contributed by atoms with Crippen molar-refractivity contribution >= 4 is 11.6 Å². The summed E-state index contributed by atoms with van der Waals surface area (Å²) in [5, 5.41) is 14.6. The number of quaternary nitrogens is 1. The lowest BCUT2D eigenvalue weighted by Gasteiger charge is -2.40. The molecule has 3 aromatic carbocycles. The van der Waals surface area contributed by atoms with Crippen molar-refractivity contribution in [3.8, 4) is 17.2 Å². The Balaban J connectivity index is 1.24. The van der Waals surface area contributed by atoms with E-state index in [-0.39, 0.29) is 19.2 Å². The monoisotopic (exact) mass is 484 g/mol. The summed E-state index contributed by atoms with van der Waals surface area (Å²) in [6, 6.07) is 19.4. The Morgan fingerprint density at radius 3 is 2.56 bits per heavy atom. The van der Waals surface area contributed by atoms with Gasteiger partial charge in [0, 0.05) is 41.4 Å². The maximum Gasteiger partial charge on any atom is 0.253 e. The summed E-state index contributed by atoms with van der Waals surface area (Å²) < 4.78 is 16.8. The number of carbonyl (C=O) groups is 1. The quantitative estimate of drug-likeness (QED) is 0.397. The van der Waals surface area contributed by atoms with Crippen LogP contribution in [0.5, 0.6) is 17.2 Å². The van der Waals surface area contributed by atoms with Gasteiger partial charge in [0.05, 0.1) is 0 Å². The first-order chi connectivity index (χ1) is 17.6. The van der Waals surface area contributed by atoms with E-state index in [0.717, 1.165) is 54.1 Å². The van der Waals surface area contributed by atoms with Gasteiger partial charge in [-0.15, -0.1) is 0 Å². The lowest BCUT2D eigenvalue weighted by Crippen LogP contribution is -2.46. The van der Waals surface area contributed by atoms with Gasteiger partial charge in [0.2, 0.25) is 6.79 Å². The zero-order valence-corrected chi connectivity index (χ0v) is 20.1. The lowest BCUT2D eigenvalue weighted by molar-refractivity contribution is 0.0724. The number of hydrogen-bond donors (Lipinski definition) is 0. The van der Waals surface area contributed by atoms with Gasteiger partial charge >= 0.3 is 0 Å². The molecule has 0 saturated carbocycles. The summed E-state index contributed by atoms with van der Waals surface area (Å²) in [5.41, 5.74) is 3.69. The SMILES string of the molecule is O=C(c1cccc(C[N+]2([O-])CC3(COc4cc5c(cc43)OCO5)c3ccccc32)c1)N1CCCCC1. The molecule has 0 bridgehead atoms. The predicted molar refractivity (Wildman–Crippen MR) is 135 cm³/mol. The summed E-state index contributed by atoms with van der Waals surface area (Å²) in [7, 11) is 0. The van der Waals surface area contributed by atoms with E-state index in [0.29, 0.717) is 30.2 Å². The molecule has 1 spiro atoms. The number of hydrogen-bond acceptors (Lipinski definition) is 5. The Morgan fingerprint density at radius 1 is 0.889 bits per heavy atom. The molecule has 4 aliphatic heterocycles. The van der Waals surface area contributed by atoms with E-state index < -0.39 is 10.1 Å². The number of amides is 1. The molecular formula is C29H28N2O5. The maximum atomic E-state index is 14.6. The van der Waals surface area contributed by atoms with E-state index in [1.807, 2.05) is 65.6 Å². The normalized spacial score (nSPS) is 25.5. The van der Waals surface area contributed by atoms with E-state index in [1.165, 1.54) is 6.42 Å². The van der Waals surface area contributed by atoms with Crippen LogP contribution in [0.15, 0.2) is 60.7 Å². The zero-order chi connectivity index (χ0) is 24.3. The second-order valence-electron chi connectivity index (χ2n) is 10.3. The number of hydroxylamine groups is 2. The van der Waals surface area contributed by atoms with Gasteiger partial charge < -0.3 is 29.0 Å². The Kier molecular flexibility index (Phi) is 4.81. The standard InChI is InChI=1S/C29H28N2O5/c32-28(30-11-4-1-5-12-30)21-8-6-7-20(13-21)16-31(33)17-29(22-9-2-3-10-24(22)31)18-34-25-15-27-26(14-23(25)29)35-19-36-27/h2-3,6-10,13-15H,1,4-5,11-12,16-19H2. The van der Waals surface area contributed by atoms with Crippen molar-refractivity contribution in [2.75, 3.05) is 33.0 Å². The van der Waals surface area contributed by atoms with E-state index in [2.05, 4.69) is 0 Å². The Labute approximate surface area is 210 Å². The molecule has 36 heavy (non-hydrogen) atoms. The topological polar surface area (TPSA) is 71.1 Å². The minimum Gasteiger partial charge on any atom is -0.627 e. The van der Waals surface area contributed by atoms with Gasteiger partial charge in [0.15, 0.2) is 11.5 Å². The molecule has 7 nitrogen and oxygen atoms in total. The largest absolute Gasteiger partial charge is 0.627 e. The number of piperidine rings is 1. The number of carbonyl (C=O) groups excluding carboxylic acids is 1. The van der Waals surface area contributed by atoms with E-state index in [1.54, 1.807) is 0 Å². The molecule has 1 amide bonds. The molecule has 0 N–H and O–H groups in total.